The highest BCUT2D eigenvalue weighted by Crippen LogP contribution is 2.33. The first-order valence-corrected chi connectivity index (χ1v) is 6.83. The van der Waals surface area contributed by atoms with Gasteiger partial charge in [0.25, 0.3) is 0 Å². The van der Waals surface area contributed by atoms with Crippen molar-refractivity contribution in [2.45, 2.75) is 38.1 Å². The van der Waals surface area contributed by atoms with E-state index in [-0.39, 0.29) is 17.4 Å². The molecule has 2 rings (SSSR count). The minimum absolute atomic E-state index is 0.0468. The predicted molar refractivity (Wildman–Crippen MR) is 75.2 cm³/mol. The second-order valence-electron chi connectivity index (χ2n) is 5.34. The molecule has 1 amide bonds. The maximum absolute atomic E-state index is 12.5. The van der Waals surface area contributed by atoms with Crippen molar-refractivity contribution in [2.75, 3.05) is 13.2 Å². The van der Waals surface area contributed by atoms with Gasteiger partial charge in [-0.05, 0) is 25.8 Å². The van der Waals surface area contributed by atoms with Crippen LogP contribution in [0.3, 0.4) is 0 Å². The standard InChI is InChI=1S/C15H22N2O2/c1-3-15(2,10-16)17-14(18)12-8-9-19-13-7-5-4-6-11(12)13/h4-7,12H,3,8-10,16H2,1-2H3,(H,17,18). The third-order valence-corrected chi connectivity index (χ3v) is 3.93. The van der Waals surface area contributed by atoms with Gasteiger partial charge in [-0.3, -0.25) is 4.79 Å². The van der Waals surface area contributed by atoms with Crippen molar-refractivity contribution in [3.05, 3.63) is 29.8 Å². The normalized spacial score (nSPS) is 20.9. The Hall–Kier alpha value is -1.55. The molecule has 1 aliphatic rings. The lowest BCUT2D eigenvalue weighted by molar-refractivity contribution is -0.125. The van der Waals surface area contributed by atoms with Crippen molar-refractivity contribution in [3.8, 4) is 5.75 Å². The molecule has 0 saturated carbocycles. The molecular weight excluding hydrogens is 240 g/mol. The smallest absolute Gasteiger partial charge is 0.228 e. The fourth-order valence-electron chi connectivity index (χ4n) is 2.28. The van der Waals surface area contributed by atoms with Gasteiger partial charge in [0.15, 0.2) is 0 Å². The lowest BCUT2D eigenvalue weighted by Crippen LogP contribution is -2.52. The van der Waals surface area contributed by atoms with Gasteiger partial charge < -0.3 is 15.8 Å². The van der Waals surface area contributed by atoms with E-state index in [2.05, 4.69) is 5.32 Å². The molecule has 1 aromatic carbocycles. The minimum Gasteiger partial charge on any atom is -0.493 e. The number of para-hydroxylation sites is 1. The van der Waals surface area contributed by atoms with Crippen LogP contribution in [0.1, 0.15) is 38.2 Å². The van der Waals surface area contributed by atoms with Gasteiger partial charge in [-0.2, -0.15) is 0 Å². The van der Waals surface area contributed by atoms with Gasteiger partial charge in [0.1, 0.15) is 5.75 Å². The average Bonchev–Trinajstić information content (AvgIpc) is 2.46. The topological polar surface area (TPSA) is 64.3 Å². The molecule has 104 valence electrons. The molecule has 0 fully saturated rings. The molecule has 4 heteroatoms. The third-order valence-electron chi connectivity index (χ3n) is 3.93. The molecule has 0 radical (unpaired) electrons. The Labute approximate surface area is 114 Å². The molecule has 0 saturated heterocycles. The van der Waals surface area contributed by atoms with E-state index in [0.717, 1.165) is 17.7 Å². The van der Waals surface area contributed by atoms with Crippen molar-refractivity contribution in [3.63, 3.8) is 0 Å². The van der Waals surface area contributed by atoms with Crippen molar-refractivity contribution < 1.29 is 9.53 Å². The van der Waals surface area contributed by atoms with E-state index in [9.17, 15) is 4.79 Å². The first kappa shape index (κ1) is 13.9. The Kier molecular flexibility index (Phi) is 4.10. The van der Waals surface area contributed by atoms with Gasteiger partial charge >= 0.3 is 0 Å². The molecule has 0 spiro atoms. The second-order valence-corrected chi connectivity index (χ2v) is 5.34. The molecular formula is C15H22N2O2. The monoisotopic (exact) mass is 262 g/mol. The van der Waals surface area contributed by atoms with Crippen molar-refractivity contribution >= 4 is 5.91 Å². The number of rotatable bonds is 4. The molecule has 2 atom stereocenters. The molecule has 1 heterocycles. The number of carbonyl (C=O) groups excluding carboxylic acids is 1. The van der Waals surface area contributed by atoms with Crippen LogP contribution < -0.4 is 15.8 Å². The maximum Gasteiger partial charge on any atom is 0.228 e. The summed E-state index contributed by atoms with van der Waals surface area (Å²) in [4.78, 5) is 12.5. The summed E-state index contributed by atoms with van der Waals surface area (Å²) in [6.07, 6.45) is 1.54. The largest absolute Gasteiger partial charge is 0.493 e. The zero-order valence-corrected chi connectivity index (χ0v) is 11.6. The average molecular weight is 262 g/mol. The summed E-state index contributed by atoms with van der Waals surface area (Å²) in [6, 6.07) is 7.74. The van der Waals surface area contributed by atoms with Gasteiger partial charge in [-0.25, -0.2) is 0 Å². The summed E-state index contributed by atoms with van der Waals surface area (Å²) >= 11 is 0. The quantitative estimate of drug-likeness (QED) is 0.869. The number of benzene rings is 1. The summed E-state index contributed by atoms with van der Waals surface area (Å²) in [7, 11) is 0. The number of nitrogens with two attached hydrogens (primary N) is 1. The molecule has 1 aromatic rings. The van der Waals surface area contributed by atoms with Gasteiger partial charge in [-0.1, -0.05) is 25.1 Å². The van der Waals surface area contributed by atoms with E-state index in [1.54, 1.807) is 0 Å². The first-order valence-electron chi connectivity index (χ1n) is 6.83. The highest BCUT2D eigenvalue weighted by molar-refractivity contribution is 5.85. The van der Waals surface area contributed by atoms with Crippen molar-refractivity contribution in [1.82, 2.24) is 5.32 Å². The van der Waals surface area contributed by atoms with Crippen LogP contribution in [0.2, 0.25) is 0 Å². The molecule has 2 unspecified atom stereocenters. The Morgan fingerprint density at radius 1 is 1.53 bits per heavy atom. The third kappa shape index (κ3) is 2.89. The Morgan fingerprint density at radius 2 is 2.26 bits per heavy atom. The molecule has 0 aromatic heterocycles. The molecule has 0 bridgehead atoms. The van der Waals surface area contributed by atoms with Crippen LogP contribution in [0.25, 0.3) is 0 Å². The summed E-state index contributed by atoms with van der Waals surface area (Å²) in [5, 5.41) is 3.08. The number of nitrogens with one attached hydrogen (secondary N) is 1. The zero-order valence-electron chi connectivity index (χ0n) is 11.6. The van der Waals surface area contributed by atoms with E-state index in [1.807, 2.05) is 38.1 Å². The van der Waals surface area contributed by atoms with E-state index >= 15 is 0 Å². The van der Waals surface area contributed by atoms with Gasteiger partial charge in [0, 0.05) is 17.6 Å². The molecule has 4 nitrogen and oxygen atoms in total. The van der Waals surface area contributed by atoms with Gasteiger partial charge in [0.05, 0.1) is 12.5 Å². The lowest BCUT2D eigenvalue weighted by Gasteiger charge is -2.32. The van der Waals surface area contributed by atoms with Gasteiger partial charge in [-0.15, -0.1) is 0 Å². The van der Waals surface area contributed by atoms with Crippen LogP contribution in [-0.4, -0.2) is 24.6 Å². The molecule has 1 aliphatic heterocycles. The highest BCUT2D eigenvalue weighted by Gasteiger charge is 2.31. The first-order chi connectivity index (χ1) is 9.09. The predicted octanol–water partition coefficient (Wildman–Crippen LogP) is 1.80. The maximum atomic E-state index is 12.5. The summed E-state index contributed by atoms with van der Waals surface area (Å²) in [5.41, 5.74) is 6.40. The fraction of sp³-hybridized carbons (Fsp3) is 0.533. The lowest BCUT2D eigenvalue weighted by atomic mass is 9.90. The van der Waals surface area contributed by atoms with Crippen LogP contribution in [0.15, 0.2) is 24.3 Å². The Balaban J connectivity index is 2.17. The van der Waals surface area contributed by atoms with E-state index in [0.29, 0.717) is 19.6 Å². The van der Waals surface area contributed by atoms with Crippen LogP contribution in [0, 0.1) is 0 Å². The number of carbonyl (C=O) groups is 1. The second kappa shape index (κ2) is 5.61. The number of hydrogen-bond donors (Lipinski definition) is 2. The highest BCUT2D eigenvalue weighted by atomic mass is 16.5. The Morgan fingerprint density at radius 3 is 2.95 bits per heavy atom. The number of fused-ring (bicyclic) bond motifs is 1. The van der Waals surface area contributed by atoms with Crippen LogP contribution >= 0.6 is 0 Å². The number of amides is 1. The van der Waals surface area contributed by atoms with Crippen molar-refractivity contribution in [1.29, 1.82) is 0 Å². The van der Waals surface area contributed by atoms with Gasteiger partial charge in [0.2, 0.25) is 5.91 Å². The zero-order chi connectivity index (χ0) is 13.9. The molecule has 0 aliphatic carbocycles. The number of ether oxygens (including phenoxy) is 1. The van der Waals surface area contributed by atoms with E-state index in [1.165, 1.54) is 0 Å². The Bertz CT molecular complexity index is 455. The number of hydrogen-bond acceptors (Lipinski definition) is 3. The van der Waals surface area contributed by atoms with Crippen molar-refractivity contribution in [2.24, 2.45) is 5.73 Å². The minimum atomic E-state index is -0.329. The van der Waals surface area contributed by atoms with Crippen LogP contribution in [0.5, 0.6) is 5.75 Å². The summed E-state index contributed by atoms with van der Waals surface area (Å²) in [6.45, 7) is 5.04. The summed E-state index contributed by atoms with van der Waals surface area (Å²) in [5.74, 6) is 0.729. The SMILES string of the molecule is CCC(C)(CN)NC(=O)C1CCOc2ccccc21. The molecule has 3 N–H and O–H groups in total. The van der Waals surface area contributed by atoms with E-state index < -0.39 is 0 Å². The van der Waals surface area contributed by atoms with Crippen LogP contribution in [-0.2, 0) is 4.79 Å². The molecule has 19 heavy (non-hydrogen) atoms. The summed E-state index contributed by atoms with van der Waals surface area (Å²) < 4.78 is 5.58. The van der Waals surface area contributed by atoms with Crippen LogP contribution in [0.4, 0.5) is 0 Å². The fourth-order valence-corrected chi connectivity index (χ4v) is 2.28. The van der Waals surface area contributed by atoms with E-state index in [4.69, 9.17) is 10.5 Å².